The largest absolute Gasteiger partial charge is 0.357 e. The highest BCUT2D eigenvalue weighted by Crippen LogP contribution is 2.11. The molecule has 0 bridgehead atoms. The third kappa shape index (κ3) is 10.3. The topological polar surface area (TPSA) is 68.8 Å². The van der Waals surface area contributed by atoms with Crippen LogP contribution in [0.2, 0.25) is 0 Å². The van der Waals surface area contributed by atoms with Crippen LogP contribution >= 0.6 is 11.8 Å². The van der Waals surface area contributed by atoms with E-state index in [1.54, 1.807) is 0 Å². The number of unbranched alkanes of at least 4 members (excludes halogenated alkanes) is 1. The summed E-state index contributed by atoms with van der Waals surface area (Å²) in [6.07, 6.45) is 4.48. The van der Waals surface area contributed by atoms with Crippen LogP contribution in [0.25, 0.3) is 0 Å². The number of anilines is 1. The molecule has 0 saturated heterocycles. The molecule has 0 aromatic heterocycles. The van der Waals surface area contributed by atoms with Gasteiger partial charge in [0.05, 0.1) is 13.1 Å². The fourth-order valence-electron chi connectivity index (χ4n) is 2.33. The molecular weight excluding hydrogens is 346 g/mol. The molecule has 1 amide bonds. The number of hydrogen-bond acceptors (Lipinski definition) is 4. The molecule has 6 nitrogen and oxygen atoms in total. The van der Waals surface area contributed by atoms with Gasteiger partial charge in [-0.2, -0.15) is 11.8 Å². The molecule has 1 aromatic rings. The Morgan fingerprint density at radius 2 is 2.04 bits per heavy atom. The standard InChI is InChI=1S/C19H33N5OS/c1-5-20-19(21-11-6-7-12-26-4)22-14-16-9-8-10-17(13-16)23-18(25)15-24(2)3/h8-10,13H,5-7,11-12,14-15H2,1-4H3,(H,23,25)(H2,20,21,22). The van der Waals surface area contributed by atoms with Crippen molar-refractivity contribution in [2.45, 2.75) is 26.3 Å². The van der Waals surface area contributed by atoms with Gasteiger partial charge in [-0.15, -0.1) is 0 Å². The summed E-state index contributed by atoms with van der Waals surface area (Å²) in [5.41, 5.74) is 1.87. The maximum absolute atomic E-state index is 11.9. The minimum atomic E-state index is -0.0177. The number of carbonyl (C=O) groups is 1. The van der Waals surface area contributed by atoms with E-state index in [0.29, 0.717) is 13.1 Å². The molecule has 0 saturated carbocycles. The van der Waals surface area contributed by atoms with Crippen LogP contribution in [0.3, 0.4) is 0 Å². The van der Waals surface area contributed by atoms with Crippen LogP contribution in [0.4, 0.5) is 5.69 Å². The van der Waals surface area contributed by atoms with Crippen molar-refractivity contribution in [3.05, 3.63) is 29.8 Å². The van der Waals surface area contributed by atoms with Gasteiger partial charge in [-0.1, -0.05) is 12.1 Å². The third-order valence-electron chi connectivity index (χ3n) is 3.50. The number of nitrogens with one attached hydrogen (secondary N) is 3. The molecule has 1 aromatic carbocycles. The van der Waals surface area contributed by atoms with Crippen LogP contribution in [0, 0.1) is 0 Å². The molecule has 0 radical (unpaired) electrons. The number of guanidine groups is 1. The smallest absolute Gasteiger partial charge is 0.238 e. The van der Waals surface area contributed by atoms with Crippen molar-refractivity contribution < 1.29 is 4.79 Å². The highest BCUT2D eigenvalue weighted by Gasteiger charge is 2.04. The van der Waals surface area contributed by atoms with Crippen LogP contribution < -0.4 is 16.0 Å². The number of aliphatic imine (C=N–C) groups is 1. The average molecular weight is 380 g/mol. The van der Waals surface area contributed by atoms with E-state index < -0.39 is 0 Å². The number of benzene rings is 1. The second kappa shape index (κ2) is 13.5. The van der Waals surface area contributed by atoms with E-state index in [2.05, 4.69) is 34.1 Å². The minimum absolute atomic E-state index is 0.0177. The lowest BCUT2D eigenvalue weighted by atomic mass is 10.2. The predicted molar refractivity (Wildman–Crippen MR) is 114 cm³/mol. The molecule has 0 aliphatic heterocycles. The Labute approximate surface area is 162 Å². The molecule has 0 spiro atoms. The minimum Gasteiger partial charge on any atom is -0.357 e. The van der Waals surface area contributed by atoms with Crippen LogP contribution in [0.1, 0.15) is 25.3 Å². The first kappa shape index (κ1) is 22.3. The number of carbonyl (C=O) groups excluding carboxylic acids is 1. The molecule has 26 heavy (non-hydrogen) atoms. The van der Waals surface area contributed by atoms with E-state index >= 15 is 0 Å². The molecule has 0 atom stereocenters. The van der Waals surface area contributed by atoms with Gasteiger partial charge in [-0.05, 0) is 63.6 Å². The van der Waals surface area contributed by atoms with Gasteiger partial charge in [-0.3, -0.25) is 4.79 Å². The van der Waals surface area contributed by atoms with Gasteiger partial charge in [0.25, 0.3) is 0 Å². The third-order valence-corrected chi connectivity index (χ3v) is 4.20. The number of amides is 1. The Morgan fingerprint density at radius 1 is 1.23 bits per heavy atom. The molecular formula is C19H33N5OS. The monoisotopic (exact) mass is 379 g/mol. The highest BCUT2D eigenvalue weighted by atomic mass is 32.2. The van der Waals surface area contributed by atoms with E-state index in [1.807, 2.05) is 55.0 Å². The number of thioether (sulfide) groups is 1. The summed E-state index contributed by atoms with van der Waals surface area (Å²) in [4.78, 5) is 18.4. The quantitative estimate of drug-likeness (QED) is 0.313. The fourth-order valence-corrected chi connectivity index (χ4v) is 2.82. The fraction of sp³-hybridized carbons (Fsp3) is 0.579. The van der Waals surface area contributed by atoms with Crippen molar-refractivity contribution in [1.82, 2.24) is 15.5 Å². The van der Waals surface area contributed by atoms with Crippen LogP contribution in [0.5, 0.6) is 0 Å². The molecule has 0 aliphatic rings. The van der Waals surface area contributed by atoms with Crippen LogP contribution in [-0.2, 0) is 11.3 Å². The Hall–Kier alpha value is -1.73. The van der Waals surface area contributed by atoms with Gasteiger partial charge in [0.2, 0.25) is 5.91 Å². The van der Waals surface area contributed by atoms with Gasteiger partial charge in [0.1, 0.15) is 0 Å². The Morgan fingerprint density at radius 3 is 2.73 bits per heavy atom. The normalized spacial score (nSPS) is 11.5. The lowest BCUT2D eigenvalue weighted by molar-refractivity contribution is -0.116. The van der Waals surface area contributed by atoms with Crippen molar-refractivity contribution in [2.75, 3.05) is 51.1 Å². The summed E-state index contributed by atoms with van der Waals surface area (Å²) < 4.78 is 0. The molecule has 7 heteroatoms. The summed E-state index contributed by atoms with van der Waals surface area (Å²) >= 11 is 1.88. The van der Waals surface area contributed by atoms with Crippen LogP contribution in [-0.4, -0.2) is 62.5 Å². The zero-order chi connectivity index (χ0) is 19.2. The summed E-state index contributed by atoms with van der Waals surface area (Å²) in [5.74, 6) is 2.01. The van der Waals surface area contributed by atoms with Crippen molar-refractivity contribution in [2.24, 2.45) is 4.99 Å². The molecule has 0 aliphatic carbocycles. The van der Waals surface area contributed by atoms with Crippen molar-refractivity contribution in [3.63, 3.8) is 0 Å². The molecule has 146 valence electrons. The lowest BCUT2D eigenvalue weighted by Crippen LogP contribution is -2.37. The van der Waals surface area contributed by atoms with Crippen molar-refractivity contribution >= 4 is 29.3 Å². The second-order valence-electron chi connectivity index (χ2n) is 6.31. The second-order valence-corrected chi connectivity index (χ2v) is 7.29. The first-order chi connectivity index (χ1) is 12.5. The Balaban J connectivity index is 2.56. The maximum Gasteiger partial charge on any atom is 0.238 e. The SMILES string of the molecule is CCNC(=NCc1cccc(NC(=O)CN(C)C)c1)NCCCCSC. The number of rotatable bonds is 11. The summed E-state index contributed by atoms with van der Waals surface area (Å²) in [5, 5.41) is 9.56. The number of hydrogen-bond donors (Lipinski definition) is 3. The van der Waals surface area contributed by atoms with E-state index in [-0.39, 0.29) is 5.91 Å². The molecule has 0 unspecified atom stereocenters. The van der Waals surface area contributed by atoms with Crippen molar-refractivity contribution in [3.8, 4) is 0 Å². The zero-order valence-electron chi connectivity index (χ0n) is 16.5. The molecule has 1 rings (SSSR count). The van der Waals surface area contributed by atoms with Crippen LogP contribution in [0.15, 0.2) is 29.3 Å². The molecule has 0 fully saturated rings. The summed E-state index contributed by atoms with van der Waals surface area (Å²) in [6.45, 7) is 4.75. The Kier molecular flexibility index (Phi) is 11.6. The highest BCUT2D eigenvalue weighted by molar-refractivity contribution is 7.98. The first-order valence-electron chi connectivity index (χ1n) is 9.09. The summed E-state index contributed by atoms with van der Waals surface area (Å²) in [7, 11) is 3.75. The van der Waals surface area contributed by atoms with Gasteiger partial charge in [0.15, 0.2) is 5.96 Å². The van der Waals surface area contributed by atoms with Crippen molar-refractivity contribution in [1.29, 1.82) is 0 Å². The van der Waals surface area contributed by atoms with E-state index in [1.165, 1.54) is 12.2 Å². The van der Waals surface area contributed by atoms with E-state index in [0.717, 1.165) is 36.7 Å². The van der Waals surface area contributed by atoms with E-state index in [4.69, 9.17) is 0 Å². The van der Waals surface area contributed by atoms with Gasteiger partial charge < -0.3 is 20.9 Å². The van der Waals surface area contributed by atoms with Gasteiger partial charge in [0, 0.05) is 18.8 Å². The van der Waals surface area contributed by atoms with E-state index in [9.17, 15) is 4.79 Å². The number of likely N-dealkylation sites (N-methyl/N-ethyl adjacent to an activating group) is 1. The number of nitrogens with zero attached hydrogens (tertiary/aromatic N) is 2. The summed E-state index contributed by atoms with van der Waals surface area (Å²) in [6, 6.07) is 7.83. The lowest BCUT2D eigenvalue weighted by Gasteiger charge is -2.12. The maximum atomic E-state index is 11.9. The molecule has 0 heterocycles. The zero-order valence-corrected chi connectivity index (χ0v) is 17.3. The predicted octanol–water partition coefficient (Wildman–Crippen LogP) is 2.38. The van der Waals surface area contributed by atoms with Gasteiger partial charge in [-0.25, -0.2) is 4.99 Å². The average Bonchev–Trinajstić information content (AvgIpc) is 2.59. The van der Waals surface area contributed by atoms with Gasteiger partial charge >= 0.3 is 0 Å². The molecule has 3 N–H and O–H groups in total. The first-order valence-corrected chi connectivity index (χ1v) is 10.5. The Bertz CT molecular complexity index is 563.